The normalized spacial score (nSPS) is 16.3. The molecule has 2 fully saturated rings. The summed E-state index contributed by atoms with van der Waals surface area (Å²) in [4.78, 5) is 42.2. The number of aliphatic hydroxyl groups is 1. The summed E-state index contributed by atoms with van der Waals surface area (Å²) in [5, 5.41) is 21.3. The second kappa shape index (κ2) is 13.4. The number of carbonyl (C=O) groups excluding carboxylic acids is 3. The number of hydrogen-bond acceptors (Lipinski definition) is 7. The minimum Gasteiger partial charge on any atom is -0.444 e. The number of likely N-dealkylation sites (tertiary alicyclic amines) is 1. The molecule has 4 aromatic rings. The molecule has 11 nitrogen and oxygen atoms in total. The Balaban J connectivity index is 1.03. The van der Waals surface area contributed by atoms with Gasteiger partial charge in [-0.2, -0.15) is 5.10 Å². The number of benzene rings is 3. The molecule has 3 aromatic carbocycles. The van der Waals surface area contributed by atoms with Gasteiger partial charge in [-0.1, -0.05) is 0 Å². The van der Waals surface area contributed by atoms with E-state index in [-0.39, 0.29) is 30.1 Å². The Morgan fingerprint density at radius 2 is 1.43 bits per heavy atom. The summed E-state index contributed by atoms with van der Waals surface area (Å²) in [6, 6.07) is 20.5. The van der Waals surface area contributed by atoms with Crippen molar-refractivity contribution in [3.63, 3.8) is 0 Å². The molecule has 6 rings (SSSR count). The third-order valence-electron chi connectivity index (χ3n) is 8.64. The summed E-state index contributed by atoms with van der Waals surface area (Å²) in [6.07, 6.45) is 4.05. The first-order valence-corrected chi connectivity index (χ1v) is 16.2. The van der Waals surface area contributed by atoms with E-state index in [0.717, 1.165) is 48.2 Å². The van der Waals surface area contributed by atoms with Crippen molar-refractivity contribution in [2.45, 2.75) is 64.2 Å². The molecule has 0 aliphatic carbocycles. The molecular formula is C36H42N6O5. The molecule has 0 radical (unpaired) electrons. The number of nitrogens with zero attached hydrogens (tertiary/aromatic N) is 4. The molecule has 0 atom stereocenters. The molecule has 3 N–H and O–H groups in total. The first-order valence-electron chi connectivity index (χ1n) is 16.2. The van der Waals surface area contributed by atoms with Crippen LogP contribution in [0, 0.1) is 0 Å². The van der Waals surface area contributed by atoms with Crippen LogP contribution in [0.5, 0.6) is 0 Å². The lowest BCUT2D eigenvalue weighted by atomic mass is 10.0. The molecule has 47 heavy (non-hydrogen) atoms. The van der Waals surface area contributed by atoms with E-state index in [4.69, 9.17) is 4.74 Å². The number of ether oxygens (including phenoxy) is 1. The van der Waals surface area contributed by atoms with E-state index in [1.54, 1.807) is 27.9 Å². The highest BCUT2D eigenvalue weighted by Gasteiger charge is 2.27. The standard InChI is InChI=1S/C36H42N6O5/c1-36(2,3)47-35(46)41-18-14-27(15-19-41)38-33(44)25-6-11-30(12-7-25)42-32-13-8-28(22-26(32)23-37-42)39-34(45)24-4-9-29(10-5-24)40-20-16-31(43)17-21-40/h4-13,22-23,27,31,43H,14-21H2,1-3H3,(H,38,44)(H,39,45). The summed E-state index contributed by atoms with van der Waals surface area (Å²) >= 11 is 0. The van der Waals surface area contributed by atoms with Crippen molar-refractivity contribution in [3.05, 3.63) is 84.1 Å². The summed E-state index contributed by atoms with van der Waals surface area (Å²) in [7, 11) is 0. The molecule has 2 saturated heterocycles. The first-order chi connectivity index (χ1) is 22.5. The first kappa shape index (κ1) is 32.1. The molecule has 246 valence electrons. The highest BCUT2D eigenvalue weighted by molar-refractivity contribution is 6.05. The highest BCUT2D eigenvalue weighted by Crippen LogP contribution is 2.25. The maximum absolute atomic E-state index is 13.0. The molecule has 2 aliphatic rings. The van der Waals surface area contributed by atoms with Gasteiger partial charge in [-0.05, 0) is 113 Å². The van der Waals surface area contributed by atoms with Gasteiger partial charge in [0.05, 0.1) is 23.5 Å². The van der Waals surface area contributed by atoms with Crippen LogP contribution in [-0.4, -0.2) is 81.6 Å². The van der Waals surface area contributed by atoms with Crippen molar-refractivity contribution < 1.29 is 24.2 Å². The predicted molar refractivity (Wildman–Crippen MR) is 181 cm³/mol. The zero-order chi connectivity index (χ0) is 33.1. The molecule has 3 amide bonds. The smallest absolute Gasteiger partial charge is 0.410 e. The Morgan fingerprint density at radius 3 is 2.06 bits per heavy atom. The van der Waals surface area contributed by atoms with E-state index in [2.05, 4.69) is 20.6 Å². The lowest BCUT2D eigenvalue weighted by molar-refractivity contribution is 0.0199. The molecule has 0 spiro atoms. The average Bonchev–Trinajstić information content (AvgIpc) is 3.48. The fourth-order valence-corrected chi connectivity index (χ4v) is 6.02. The summed E-state index contributed by atoms with van der Waals surface area (Å²) in [5.74, 6) is -0.348. The fourth-order valence-electron chi connectivity index (χ4n) is 6.02. The zero-order valence-electron chi connectivity index (χ0n) is 27.1. The molecule has 0 bridgehead atoms. The number of piperidine rings is 2. The maximum Gasteiger partial charge on any atom is 0.410 e. The highest BCUT2D eigenvalue weighted by atomic mass is 16.6. The van der Waals surface area contributed by atoms with Gasteiger partial charge in [-0.3, -0.25) is 9.59 Å². The van der Waals surface area contributed by atoms with Gasteiger partial charge in [0.2, 0.25) is 0 Å². The number of fused-ring (bicyclic) bond motifs is 1. The second-order valence-corrected chi connectivity index (χ2v) is 13.3. The van der Waals surface area contributed by atoms with Crippen molar-refractivity contribution >= 4 is 40.2 Å². The molecule has 1 aromatic heterocycles. The minimum atomic E-state index is -0.536. The molecule has 0 unspecified atom stereocenters. The van der Waals surface area contributed by atoms with E-state index < -0.39 is 5.60 Å². The second-order valence-electron chi connectivity index (χ2n) is 13.3. The van der Waals surface area contributed by atoms with E-state index in [0.29, 0.717) is 42.7 Å². The number of aromatic nitrogens is 2. The van der Waals surface area contributed by atoms with Crippen LogP contribution < -0.4 is 15.5 Å². The molecule has 2 aliphatic heterocycles. The summed E-state index contributed by atoms with van der Waals surface area (Å²) in [6.45, 7) is 8.23. The number of hydrogen-bond donors (Lipinski definition) is 3. The molecular weight excluding hydrogens is 596 g/mol. The van der Waals surface area contributed by atoms with E-state index >= 15 is 0 Å². The van der Waals surface area contributed by atoms with E-state index in [9.17, 15) is 19.5 Å². The van der Waals surface area contributed by atoms with Gasteiger partial charge in [-0.25, -0.2) is 9.48 Å². The van der Waals surface area contributed by atoms with Gasteiger partial charge in [0.25, 0.3) is 11.8 Å². The fraction of sp³-hybridized carbons (Fsp3) is 0.389. The van der Waals surface area contributed by atoms with Gasteiger partial charge in [-0.15, -0.1) is 0 Å². The number of carbonyl (C=O) groups is 3. The number of nitrogens with one attached hydrogen (secondary N) is 2. The zero-order valence-corrected chi connectivity index (χ0v) is 27.1. The number of aliphatic hydroxyl groups excluding tert-OH is 1. The van der Waals surface area contributed by atoms with E-state index in [1.165, 1.54) is 0 Å². The van der Waals surface area contributed by atoms with Crippen molar-refractivity contribution in [1.82, 2.24) is 20.0 Å². The monoisotopic (exact) mass is 638 g/mol. The van der Waals surface area contributed by atoms with Crippen LogP contribution in [0.25, 0.3) is 16.6 Å². The average molecular weight is 639 g/mol. The van der Waals surface area contributed by atoms with Crippen LogP contribution in [-0.2, 0) is 4.74 Å². The van der Waals surface area contributed by atoms with Crippen molar-refractivity contribution in [2.24, 2.45) is 0 Å². The Bertz CT molecular complexity index is 1730. The Labute approximate surface area is 274 Å². The predicted octanol–water partition coefficient (Wildman–Crippen LogP) is 5.37. The number of anilines is 2. The van der Waals surface area contributed by atoms with Crippen LogP contribution in [0.2, 0.25) is 0 Å². The van der Waals surface area contributed by atoms with Crippen LogP contribution in [0.1, 0.15) is 67.2 Å². The van der Waals surface area contributed by atoms with Crippen molar-refractivity contribution in [1.29, 1.82) is 0 Å². The van der Waals surface area contributed by atoms with Gasteiger partial charge >= 0.3 is 6.09 Å². The molecule has 0 saturated carbocycles. The SMILES string of the molecule is CC(C)(C)OC(=O)N1CCC(NC(=O)c2ccc(-n3ncc4cc(NC(=O)c5ccc(N6CCC(O)CC6)cc5)ccc43)cc2)CC1. The van der Waals surface area contributed by atoms with Crippen LogP contribution in [0.3, 0.4) is 0 Å². The van der Waals surface area contributed by atoms with Crippen LogP contribution >= 0.6 is 0 Å². The Morgan fingerprint density at radius 1 is 0.809 bits per heavy atom. The number of rotatable bonds is 6. The Hall–Kier alpha value is -4.90. The van der Waals surface area contributed by atoms with Gasteiger partial charge in [0.1, 0.15) is 5.60 Å². The van der Waals surface area contributed by atoms with Gasteiger partial charge < -0.3 is 30.3 Å². The quantitative estimate of drug-likeness (QED) is 0.259. The van der Waals surface area contributed by atoms with Crippen LogP contribution in [0.4, 0.5) is 16.2 Å². The maximum atomic E-state index is 13.0. The third-order valence-corrected chi connectivity index (χ3v) is 8.64. The third kappa shape index (κ3) is 7.74. The lowest BCUT2D eigenvalue weighted by Crippen LogP contribution is -2.47. The van der Waals surface area contributed by atoms with Crippen molar-refractivity contribution in [2.75, 3.05) is 36.4 Å². The van der Waals surface area contributed by atoms with Crippen LogP contribution in [0.15, 0.2) is 72.9 Å². The number of amides is 3. The molecule has 11 heteroatoms. The lowest BCUT2D eigenvalue weighted by Gasteiger charge is -2.33. The topological polar surface area (TPSA) is 129 Å². The summed E-state index contributed by atoms with van der Waals surface area (Å²) in [5.41, 5.74) is 3.97. The van der Waals surface area contributed by atoms with Gasteiger partial charge in [0.15, 0.2) is 0 Å². The largest absolute Gasteiger partial charge is 0.444 e. The van der Waals surface area contributed by atoms with E-state index in [1.807, 2.05) is 75.4 Å². The van der Waals surface area contributed by atoms with Crippen molar-refractivity contribution in [3.8, 4) is 5.69 Å². The summed E-state index contributed by atoms with van der Waals surface area (Å²) < 4.78 is 7.26. The molecule has 3 heterocycles. The van der Waals surface area contributed by atoms with Gasteiger partial charge in [0, 0.05) is 60.1 Å². The Kier molecular flexibility index (Phi) is 9.17. The minimum absolute atomic E-state index is 0.0135.